The van der Waals surface area contributed by atoms with Gasteiger partial charge in [0, 0.05) is 16.8 Å². The predicted molar refractivity (Wildman–Crippen MR) is 154 cm³/mol. The number of aryl methyl sites for hydroxylation is 1. The van der Waals surface area contributed by atoms with Gasteiger partial charge in [0.1, 0.15) is 11.4 Å². The van der Waals surface area contributed by atoms with Crippen molar-refractivity contribution >= 4 is 63.1 Å². The van der Waals surface area contributed by atoms with Crippen LogP contribution in [0.5, 0.6) is 0 Å². The first kappa shape index (κ1) is 29.9. The fourth-order valence-electron chi connectivity index (χ4n) is 3.34. The van der Waals surface area contributed by atoms with Crippen LogP contribution in [0.1, 0.15) is 43.4 Å². The quantitative estimate of drug-likeness (QED) is 0.309. The van der Waals surface area contributed by atoms with Crippen LogP contribution < -0.4 is 10.0 Å². The maximum Gasteiger partial charge on any atom is 0.412 e. The minimum absolute atomic E-state index is 0.128. The van der Waals surface area contributed by atoms with Gasteiger partial charge in [0.15, 0.2) is 5.15 Å². The van der Waals surface area contributed by atoms with Crippen LogP contribution in [0.3, 0.4) is 0 Å². The van der Waals surface area contributed by atoms with E-state index in [1.807, 2.05) is 10.8 Å². The Morgan fingerprint density at radius 1 is 1.08 bits per heavy atom. The summed E-state index contributed by atoms with van der Waals surface area (Å²) < 4.78 is 33.4. The highest BCUT2D eigenvalue weighted by Gasteiger charge is 2.18. The van der Waals surface area contributed by atoms with E-state index < -0.39 is 27.6 Å². The molecule has 0 atom stereocenters. The Kier molecular flexibility index (Phi) is 9.60. The van der Waals surface area contributed by atoms with Crippen LogP contribution in [0, 0.1) is 6.92 Å². The van der Waals surface area contributed by atoms with Gasteiger partial charge in [-0.15, -0.1) is 0 Å². The molecule has 0 aliphatic rings. The molecular weight excluding hydrogens is 563 g/mol. The first-order valence-electron chi connectivity index (χ1n) is 11.7. The van der Waals surface area contributed by atoms with Crippen molar-refractivity contribution in [3.8, 4) is 0 Å². The van der Waals surface area contributed by atoms with Crippen LogP contribution >= 0.6 is 23.2 Å². The second-order valence-corrected chi connectivity index (χ2v) is 11.7. The molecule has 2 amide bonds. The van der Waals surface area contributed by atoms with Crippen molar-refractivity contribution in [2.75, 3.05) is 5.32 Å². The highest BCUT2D eigenvalue weighted by atomic mass is 35.5. The molecule has 0 aliphatic heterocycles. The van der Waals surface area contributed by atoms with Gasteiger partial charge >= 0.3 is 6.09 Å². The van der Waals surface area contributed by atoms with Crippen molar-refractivity contribution < 1.29 is 22.7 Å². The number of aromatic nitrogens is 2. The fourth-order valence-corrected chi connectivity index (χ4v) is 4.62. The number of nitrogens with one attached hydrogen (secondary N) is 2. The summed E-state index contributed by atoms with van der Waals surface area (Å²) in [6.07, 6.45) is 3.21. The van der Waals surface area contributed by atoms with Gasteiger partial charge in [-0.05, 0) is 63.1 Å². The molecular formula is C27H28Cl2N4O5S. The summed E-state index contributed by atoms with van der Waals surface area (Å²) in [5, 5.41) is 4.05. The van der Waals surface area contributed by atoms with Gasteiger partial charge in [-0.2, -0.15) is 0 Å². The van der Waals surface area contributed by atoms with Gasteiger partial charge in [0.2, 0.25) is 0 Å². The Hall–Kier alpha value is -3.60. The molecule has 1 aromatic heterocycles. The topological polar surface area (TPSA) is 119 Å². The van der Waals surface area contributed by atoms with E-state index in [9.17, 15) is 18.0 Å². The van der Waals surface area contributed by atoms with Gasteiger partial charge < -0.3 is 9.30 Å². The number of ether oxygens (including phenoxy) is 1. The molecule has 0 unspecified atom stereocenters. The number of anilines is 1. The molecule has 1 heterocycles. The van der Waals surface area contributed by atoms with Crippen molar-refractivity contribution in [1.29, 1.82) is 0 Å². The predicted octanol–water partition coefficient (Wildman–Crippen LogP) is 6.02. The lowest BCUT2D eigenvalue weighted by Crippen LogP contribution is -2.27. The zero-order valence-corrected chi connectivity index (χ0v) is 24.1. The van der Waals surface area contributed by atoms with Crippen molar-refractivity contribution in [1.82, 2.24) is 14.3 Å². The van der Waals surface area contributed by atoms with Gasteiger partial charge in [0.05, 0.1) is 17.6 Å². The first-order chi connectivity index (χ1) is 18.2. The molecule has 0 bridgehead atoms. The van der Waals surface area contributed by atoms with E-state index >= 15 is 0 Å². The molecule has 2 N–H and O–H groups in total. The molecule has 0 fully saturated rings. The fraction of sp³-hybridized carbons (Fsp3) is 0.222. The highest BCUT2D eigenvalue weighted by molar-refractivity contribution is 7.93. The van der Waals surface area contributed by atoms with Crippen molar-refractivity contribution in [2.24, 2.45) is 0 Å². The largest absolute Gasteiger partial charge is 0.444 e. The first-order valence-corrected chi connectivity index (χ1v) is 14.0. The number of hydrogen-bond acceptors (Lipinski definition) is 6. The van der Waals surface area contributed by atoms with E-state index in [-0.39, 0.29) is 11.7 Å². The Balaban J connectivity index is 1.72. The lowest BCUT2D eigenvalue weighted by molar-refractivity contribution is -0.114. The van der Waals surface area contributed by atoms with Crippen LogP contribution in [0.2, 0.25) is 10.2 Å². The van der Waals surface area contributed by atoms with Gasteiger partial charge in [-0.1, -0.05) is 59.6 Å². The minimum Gasteiger partial charge on any atom is -0.444 e. The Morgan fingerprint density at radius 3 is 2.41 bits per heavy atom. The van der Waals surface area contributed by atoms with Crippen LogP contribution in [0.15, 0.2) is 60.0 Å². The van der Waals surface area contributed by atoms with Crippen molar-refractivity contribution in [3.63, 3.8) is 0 Å². The monoisotopic (exact) mass is 590 g/mol. The standard InChI is InChI=1S/C27H28Cl2N4O5S/c1-18-30-25(29)23(12-13-24(34)32-39(36,37)15-14-19-8-6-5-7-9-19)33(18)17-20-10-11-21(16-22(20)28)31-26(35)38-27(2,3)4/h5-16H,17H2,1-4H3,(H,31,35)(H,32,34)/b13-12+,15-14+. The second-order valence-electron chi connectivity index (χ2n) is 9.41. The average Bonchev–Trinajstić information content (AvgIpc) is 3.09. The van der Waals surface area contributed by atoms with Crippen LogP contribution in [-0.2, 0) is 26.1 Å². The summed E-state index contributed by atoms with van der Waals surface area (Å²) >= 11 is 12.8. The summed E-state index contributed by atoms with van der Waals surface area (Å²) in [6.45, 7) is 7.27. The number of nitrogens with zero attached hydrogens (tertiary/aromatic N) is 2. The lowest BCUT2D eigenvalue weighted by Gasteiger charge is -2.20. The number of amides is 2. The number of rotatable bonds is 8. The summed E-state index contributed by atoms with van der Waals surface area (Å²) in [6, 6.07) is 13.8. The molecule has 0 saturated carbocycles. The van der Waals surface area contributed by atoms with Crippen molar-refractivity contribution in [3.05, 3.63) is 92.8 Å². The lowest BCUT2D eigenvalue weighted by atomic mass is 10.2. The Morgan fingerprint density at radius 2 is 1.77 bits per heavy atom. The van der Waals surface area contributed by atoms with E-state index in [1.54, 1.807) is 74.7 Å². The Bertz CT molecular complexity index is 1530. The Labute approximate surface area is 237 Å². The average molecular weight is 592 g/mol. The second kappa shape index (κ2) is 12.5. The molecule has 2 aromatic carbocycles. The molecule has 3 rings (SSSR count). The molecule has 206 valence electrons. The summed E-state index contributed by atoms with van der Waals surface area (Å²) in [7, 11) is -4.02. The molecule has 0 radical (unpaired) electrons. The van der Waals surface area contributed by atoms with Crippen LogP contribution in [0.4, 0.5) is 10.5 Å². The number of halogens is 2. The van der Waals surface area contributed by atoms with E-state index in [1.165, 1.54) is 12.2 Å². The smallest absolute Gasteiger partial charge is 0.412 e. The van der Waals surface area contributed by atoms with E-state index in [2.05, 4.69) is 10.3 Å². The number of carbonyl (C=O) groups excluding carboxylic acids is 2. The molecule has 0 spiro atoms. The molecule has 9 nitrogen and oxygen atoms in total. The SMILES string of the molecule is Cc1nc(Cl)c(/C=C/C(=O)NS(=O)(=O)/C=C/c2ccccc2)n1Cc1ccc(NC(=O)OC(C)(C)C)cc1Cl. The van der Waals surface area contributed by atoms with Crippen LogP contribution in [-0.4, -0.2) is 35.6 Å². The minimum atomic E-state index is -4.02. The van der Waals surface area contributed by atoms with E-state index in [0.717, 1.165) is 11.5 Å². The third-order valence-electron chi connectivity index (χ3n) is 5.05. The third kappa shape index (κ3) is 9.27. The maximum atomic E-state index is 12.3. The summed E-state index contributed by atoms with van der Waals surface area (Å²) in [4.78, 5) is 28.6. The number of imidazole rings is 1. The van der Waals surface area contributed by atoms with E-state index in [0.29, 0.717) is 33.4 Å². The zero-order valence-electron chi connectivity index (χ0n) is 21.7. The molecule has 0 saturated heterocycles. The summed E-state index contributed by atoms with van der Waals surface area (Å²) in [5.74, 6) is -0.310. The zero-order chi connectivity index (χ0) is 28.8. The van der Waals surface area contributed by atoms with Gasteiger partial charge in [0.25, 0.3) is 15.9 Å². The number of sulfonamides is 1. The van der Waals surface area contributed by atoms with Crippen LogP contribution in [0.25, 0.3) is 12.2 Å². The molecule has 3 aromatic rings. The van der Waals surface area contributed by atoms with Crippen molar-refractivity contribution in [2.45, 2.75) is 39.8 Å². The maximum absolute atomic E-state index is 12.3. The highest BCUT2D eigenvalue weighted by Crippen LogP contribution is 2.26. The normalized spacial score (nSPS) is 12.2. The number of hydrogen-bond donors (Lipinski definition) is 2. The number of carbonyl (C=O) groups is 2. The summed E-state index contributed by atoms with van der Waals surface area (Å²) in [5.41, 5.74) is 1.56. The third-order valence-corrected chi connectivity index (χ3v) is 6.66. The number of benzene rings is 2. The van der Waals surface area contributed by atoms with E-state index in [4.69, 9.17) is 27.9 Å². The molecule has 12 heteroatoms. The van der Waals surface area contributed by atoms with Gasteiger partial charge in [-0.3, -0.25) is 10.1 Å². The molecule has 0 aliphatic carbocycles. The molecule has 39 heavy (non-hydrogen) atoms. The van der Waals surface area contributed by atoms with Gasteiger partial charge in [-0.25, -0.2) is 22.9 Å².